The number of aromatic amines is 1. The zero-order valence-corrected chi connectivity index (χ0v) is 16.8. The van der Waals surface area contributed by atoms with Gasteiger partial charge in [0, 0.05) is 11.4 Å². The van der Waals surface area contributed by atoms with Crippen molar-refractivity contribution in [2.45, 2.75) is 13.8 Å². The molecule has 154 valence electrons. The fraction of sp³-hybridized carbons (Fsp3) is 0.174. The fourth-order valence-electron chi connectivity index (χ4n) is 2.90. The summed E-state index contributed by atoms with van der Waals surface area (Å²) >= 11 is 0. The number of anilines is 1. The van der Waals surface area contributed by atoms with Crippen molar-refractivity contribution in [2.24, 2.45) is 0 Å². The molecule has 0 saturated carbocycles. The third kappa shape index (κ3) is 5.35. The first kappa shape index (κ1) is 20.9. The molecule has 0 aliphatic heterocycles. The van der Waals surface area contributed by atoms with Gasteiger partial charge in [-0.15, -0.1) is 0 Å². The summed E-state index contributed by atoms with van der Waals surface area (Å²) in [5.41, 5.74) is 2.55. The molecule has 1 heterocycles. The van der Waals surface area contributed by atoms with Crippen LogP contribution in [-0.4, -0.2) is 29.9 Å². The van der Waals surface area contributed by atoms with E-state index in [4.69, 9.17) is 4.74 Å². The maximum Gasteiger partial charge on any atom is 0.261 e. The van der Waals surface area contributed by atoms with Crippen LogP contribution in [0.4, 0.5) is 5.69 Å². The molecule has 7 heteroatoms. The molecule has 0 radical (unpaired) electrons. The Bertz CT molecular complexity index is 1100. The number of ether oxygens (including phenoxy) is 1. The molecule has 0 unspecified atom stereocenters. The SMILES string of the molecule is CCOc1ccc(NC(=O)CNC(=O)c2ccc(-c3cccc(C)c3)[nH]c2=O)cc1. The van der Waals surface area contributed by atoms with Crippen LogP contribution in [0.15, 0.2) is 65.5 Å². The van der Waals surface area contributed by atoms with Crippen LogP contribution in [0.2, 0.25) is 0 Å². The number of benzene rings is 2. The van der Waals surface area contributed by atoms with Crippen molar-refractivity contribution < 1.29 is 14.3 Å². The smallest absolute Gasteiger partial charge is 0.261 e. The number of carbonyl (C=O) groups excluding carboxylic acids is 2. The van der Waals surface area contributed by atoms with Crippen LogP contribution in [0, 0.1) is 6.92 Å². The number of amides is 2. The van der Waals surface area contributed by atoms with Crippen LogP contribution in [-0.2, 0) is 4.79 Å². The second-order valence-electron chi connectivity index (χ2n) is 6.67. The van der Waals surface area contributed by atoms with E-state index < -0.39 is 17.4 Å². The van der Waals surface area contributed by atoms with Gasteiger partial charge < -0.3 is 20.4 Å². The maximum atomic E-state index is 12.3. The molecular formula is C23H23N3O4. The van der Waals surface area contributed by atoms with Crippen molar-refractivity contribution in [2.75, 3.05) is 18.5 Å². The molecule has 30 heavy (non-hydrogen) atoms. The number of H-pyrrole nitrogens is 1. The number of carbonyl (C=O) groups is 2. The number of hydrogen-bond acceptors (Lipinski definition) is 4. The maximum absolute atomic E-state index is 12.3. The van der Waals surface area contributed by atoms with Gasteiger partial charge in [0.25, 0.3) is 11.5 Å². The Balaban J connectivity index is 1.59. The van der Waals surface area contributed by atoms with Gasteiger partial charge >= 0.3 is 0 Å². The highest BCUT2D eigenvalue weighted by atomic mass is 16.5. The van der Waals surface area contributed by atoms with Crippen molar-refractivity contribution in [1.29, 1.82) is 0 Å². The predicted octanol–water partition coefficient (Wildman–Crippen LogP) is 3.12. The quantitative estimate of drug-likeness (QED) is 0.562. The Morgan fingerprint density at radius 2 is 1.80 bits per heavy atom. The Hall–Kier alpha value is -3.87. The van der Waals surface area contributed by atoms with Crippen molar-refractivity contribution in [1.82, 2.24) is 10.3 Å². The summed E-state index contributed by atoms with van der Waals surface area (Å²) in [6.07, 6.45) is 0. The highest BCUT2D eigenvalue weighted by molar-refractivity contribution is 5.99. The zero-order valence-electron chi connectivity index (χ0n) is 16.8. The molecule has 3 aromatic rings. The standard InChI is InChI=1S/C23H23N3O4/c1-3-30-18-9-7-17(8-10-18)25-21(27)14-24-22(28)19-11-12-20(26-23(19)29)16-6-4-5-15(2)13-16/h4-13H,3,14H2,1-2H3,(H,24,28)(H,25,27)(H,26,29). The third-order valence-electron chi connectivity index (χ3n) is 4.34. The molecule has 0 saturated heterocycles. The van der Waals surface area contributed by atoms with Gasteiger partial charge in [0.1, 0.15) is 11.3 Å². The zero-order chi connectivity index (χ0) is 21.5. The minimum absolute atomic E-state index is 0.0553. The summed E-state index contributed by atoms with van der Waals surface area (Å²) in [4.78, 5) is 39.4. The molecule has 2 aromatic carbocycles. The van der Waals surface area contributed by atoms with Gasteiger partial charge in [0.2, 0.25) is 5.91 Å². The lowest BCUT2D eigenvalue weighted by Gasteiger charge is -2.09. The van der Waals surface area contributed by atoms with Gasteiger partial charge in [-0.3, -0.25) is 14.4 Å². The van der Waals surface area contributed by atoms with Crippen LogP contribution in [0.25, 0.3) is 11.3 Å². The number of nitrogens with one attached hydrogen (secondary N) is 3. The molecule has 2 amide bonds. The van der Waals surface area contributed by atoms with Gasteiger partial charge in [0.05, 0.1) is 13.2 Å². The summed E-state index contributed by atoms with van der Waals surface area (Å²) in [7, 11) is 0. The van der Waals surface area contributed by atoms with Gasteiger partial charge in [-0.25, -0.2) is 0 Å². The van der Waals surface area contributed by atoms with Gasteiger partial charge in [-0.05, 0) is 61.9 Å². The summed E-state index contributed by atoms with van der Waals surface area (Å²) in [5, 5.41) is 5.14. The fourth-order valence-corrected chi connectivity index (χ4v) is 2.90. The van der Waals surface area contributed by atoms with Crippen LogP contribution < -0.4 is 20.9 Å². The first-order valence-corrected chi connectivity index (χ1v) is 9.57. The van der Waals surface area contributed by atoms with Gasteiger partial charge in [-0.2, -0.15) is 0 Å². The third-order valence-corrected chi connectivity index (χ3v) is 4.34. The number of hydrogen-bond donors (Lipinski definition) is 3. The molecule has 3 rings (SSSR count). The van der Waals surface area contributed by atoms with Crippen molar-refractivity contribution >= 4 is 17.5 Å². The molecule has 0 aliphatic rings. The topological polar surface area (TPSA) is 100 Å². The van der Waals surface area contributed by atoms with E-state index in [1.807, 2.05) is 38.1 Å². The Kier molecular flexibility index (Phi) is 6.64. The first-order chi connectivity index (χ1) is 14.5. The Morgan fingerprint density at radius 1 is 1.03 bits per heavy atom. The summed E-state index contributed by atoms with van der Waals surface area (Å²) in [5.74, 6) is -0.314. The average Bonchev–Trinajstić information content (AvgIpc) is 2.73. The van der Waals surface area contributed by atoms with E-state index in [2.05, 4.69) is 15.6 Å². The Morgan fingerprint density at radius 3 is 2.47 bits per heavy atom. The van der Waals surface area contributed by atoms with Crippen LogP contribution in [0.1, 0.15) is 22.8 Å². The van der Waals surface area contributed by atoms with Gasteiger partial charge in [-0.1, -0.05) is 23.8 Å². The lowest BCUT2D eigenvalue weighted by atomic mass is 10.1. The average molecular weight is 405 g/mol. The first-order valence-electron chi connectivity index (χ1n) is 9.57. The largest absolute Gasteiger partial charge is 0.494 e. The van der Waals surface area contributed by atoms with Crippen LogP contribution >= 0.6 is 0 Å². The van der Waals surface area contributed by atoms with E-state index in [1.54, 1.807) is 30.3 Å². The van der Waals surface area contributed by atoms with E-state index >= 15 is 0 Å². The van der Waals surface area contributed by atoms with E-state index in [0.717, 1.165) is 11.1 Å². The summed E-state index contributed by atoms with van der Waals surface area (Å²) in [6.45, 7) is 4.15. The molecule has 0 aliphatic carbocycles. The number of pyridine rings is 1. The van der Waals surface area contributed by atoms with Crippen LogP contribution in [0.5, 0.6) is 5.75 Å². The molecule has 0 fully saturated rings. The molecule has 7 nitrogen and oxygen atoms in total. The van der Waals surface area contributed by atoms with E-state index in [9.17, 15) is 14.4 Å². The minimum atomic E-state index is -0.617. The lowest BCUT2D eigenvalue weighted by molar-refractivity contribution is -0.115. The van der Waals surface area contributed by atoms with E-state index in [-0.39, 0.29) is 12.1 Å². The monoisotopic (exact) mass is 405 g/mol. The van der Waals surface area contributed by atoms with Crippen molar-refractivity contribution in [3.63, 3.8) is 0 Å². The molecule has 0 bridgehead atoms. The molecular weight excluding hydrogens is 382 g/mol. The van der Waals surface area contributed by atoms with Crippen LogP contribution in [0.3, 0.4) is 0 Å². The number of rotatable bonds is 7. The van der Waals surface area contributed by atoms with Gasteiger partial charge in [0.15, 0.2) is 0 Å². The second kappa shape index (κ2) is 9.56. The summed E-state index contributed by atoms with van der Waals surface area (Å²) < 4.78 is 5.35. The van der Waals surface area contributed by atoms with Crippen molar-refractivity contribution in [3.05, 3.63) is 82.1 Å². The summed E-state index contributed by atoms with van der Waals surface area (Å²) in [6, 6.07) is 17.7. The number of aromatic nitrogens is 1. The molecule has 3 N–H and O–H groups in total. The second-order valence-corrected chi connectivity index (χ2v) is 6.67. The number of aryl methyl sites for hydroxylation is 1. The minimum Gasteiger partial charge on any atom is -0.494 e. The van der Waals surface area contributed by atoms with E-state index in [1.165, 1.54) is 6.07 Å². The lowest BCUT2D eigenvalue weighted by Crippen LogP contribution is -2.35. The van der Waals surface area contributed by atoms with E-state index in [0.29, 0.717) is 23.7 Å². The molecule has 1 aromatic heterocycles. The Labute approximate surface area is 174 Å². The normalized spacial score (nSPS) is 10.3. The highest BCUT2D eigenvalue weighted by Crippen LogP contribution is 2.17. The molecule has 0 atom stereocenters. The predicted molar refractivity (Wildman–Crippen MR) is 116 cm³/mol. The highest BCUT2D eigenvalue weighted by Gasteiger charge is 2.13. The van der Waals surface area contributed by atoms with Crippen molar-refractivity contribution in [3.8, 4) is 17.0 Å². The molecule has 0 spiro atoms.